The molecule has 0 aliphatic heterocycles. The van der Waals surface area contributed by atoms with E-state index in [9.17, 15) is 0 Å². The largest absolute Gasteiger partial charge is 4.00 e. The second-order valence-electron chi connectivity index (χ2n) is 3.93. The van der Waals surface area contributed by atoms with Crippen LogP contribution in [-0.2, 0) is 25.8 Å². The van der Waals surface area contributed by atoms with Crippen LogP contribution in [-0.4, -0.2) is 0 Å². The van der Waals surface area contributed by atoms with Crippen molar-refractivity contribution in [3.63, 3.8) is 0 Å². The van der Waals surface area contributed by atoms with Gasteiger partial charge in [0.05, 0.1) is 0 Å². The molecule has 3 aliphatic rings. The van der Waals surface area contributed by atoms with Crippen molar-refractivity contribution in [2.45, 2.75) is 44.9 Å². The average molecular weight is 393 g/mol. The Bertz CT molecular complexity index is 207. The van der Waals surface area contributed by atoms with Gasteiger partial charge < -0.3 is 7.85 Å². The third-order valence-electron chi connectivity index (χ3n) is 2.49. The molecule has 0 aromatic rings. The van der Waals surface area contributed by atoms with Gasteiger partial charge in [-0.05, 0) is 0 Å². The second kappa shape index (κ2) is 13.9. The molecule has 0 aromatic heterocycles. The maximum absolute atomic E-state index is 2.99. The maximum atomic E-state index is 2.99. The normalized spacial score (nSPS) is 18.8. The first-order chi connectivity index (χ1) is 8.00. The van der Waals surface area contributed by atoms with Crippen LogP contribution in [0.5, 0.6) is 0 Å². The van der Waals surface area contributed by atoms with E-state index in [1.165, 1.54) is 32.1 Å². The van der Waals surface area contributed by atoms with Gasteiger partial charge in [-0.3, -0.25) is 12.2 Å². The molecule has 3 aliphatic carbocycles. The zero-order chi connectivity index (χ0) is 11.3. The Morgan fingerprint density at radius 2 is 1.35 bits per heavy atom. The van der Waals surface area contributed by atoms with Crippen LogP contribution in [0.4, 0.5) is 0 Å². The molecule has 0 radical (unpaired) electrons. The van der Waals surface area contributed by atoms with Crippen LogP contribution in [0.3, 0.4) is 0 Å². The molecule has 0 heterocycles. The number of rotatable bonds is 0. The molecule has 1 heteroatoms. The van der Waals surface area contributed by atoms with Gasteiger partial charge in [-0.2, -0.15) is 25.0 Å². The number of hydrogen-bond donors (Lipinski definition) is 0. The Labute approximate surface area is 127 Å². The van der Waals surface area contributed by atoms with Crippen LogP contribution < -0.4 is 0 Å². The number of hydrogen-bond acceptors (Lipinski definition) is 0. The van der Waals surface area contributed by atoms with Crippen molar-refractivity contribution in [3.05, 3.63) is 55.0 Å². The van der Waals surface area contributed by atoms with Crippen molar-refractivity contribution in [1.29, 1.82) is 0 Å². The molecule has 1 fully saturated rings. The van der Waals surface area contributed by atoms with Crippen molar-refractivity contribution < 1.29 is 27.3 Å². The predicted octanol–water partition coefficient (Wildman–Crippen LogP) is 4.88. The molecular weight excluding hydrogens is 371 g/mol. The van der Waals surface area contributed by atoms with E-state index in [1.807, 2.05) is 24.3 Å². The molecule has 1 saturated carbocycles. The van der Waals surface area contributed by atoms with Gasteiger partial charge >= 0.3 is 25.8 Å². The molecule has 0 saturated heterocycles. The van der Waals surface area contributed by atoms with E-state index in [2.05, 4.69) is 30.7 Å². The Morgan fingerprint density at radius 1 is 0.824 bits per heavy atom. The summed E-state index contributed by atoms with van der Waals surface area (Å²) in [6, 6.07) is 0. The van der Waals surface area contributed by atoms with Gasteiger partial charge in [0.1, 0.15) is 0 Å². The molecule has 90 valence electrons. The van der Waals surface area contributed by atoms with Gasteiger partial charge in [0.15, 0.2) is 0 Å². The van der Waals surface area contributed by atoms with E-state index >= 15 is 0 Å². The maximum Gasteiger partial charge on any atom is 4.00 e. The standard InChI is InChI=1S/C6H11.2C5H5.Hf.H/c1-2-4-6-5-3-1;2*1-2-4-5-3-1;;/h1H,2-6H2;2*1-3H,4H2;;/q3*-1;+4;-1. The van der Waals surface area contributed by atoms with Gasteiger partial charge in [-0.1, -0.05) is 19.3 Å². The van der Waals surface area contributed by atoms with E-state index in [4.69, 9.17) is 0 Å². The minimum atomic E-state index is 0. The molecule has 0 N–H and O–H groups in total. The third kappa shape index (κ3) is 12.1. The van der Waals surface area contributed by atoms with Gasteiger partial charge in [0.25, 0.3) is 0 Å². The predicted molar refractivity (Wildman–Crippen MR) is 71.6 cm³/mol. The van der Waals surface area contributed by atoms with Crippen molar-refractivity contribution >= 4 is 0 Å². The minimum Gasteiger partial charge on any atom is -1.00 e. The minimum absolute atomic E-state index is 0. The zero-order valence-electron chi connectivity index (χ0n) is 11.5. The van der Waals surface area contributed by atoms with Crippen LogP contribution in [0.1, 0.15) is 46.4 Å². The van der Waals surface area contributed by atoms with E-state index in [0.29, 0.717) is 0 Å². The van der Waals surface area contributed by atoms with Crippen LogP contribution in [0.25, 0.3) is 0 Å². The summed E-state index contributed by atoms with van der Waals surface area (Å²) in [5.74, 6) is 0. The van der Waals surface area contributed by atoms with E-state index in [0.717, 1.165) is 12.8 Å². The Balaban J connectivity index is 0. The average Bonchev–Trinajstić information content (AvgIpc) is 3.10. The molecule has 3 rings (SSSR count). The summed E-state index contributed by atoms with van der Waals surface area (Å²) in [7, 11) is 0. The first kappa shape index (κ1) is 16.8. The first-order valence-corrected chi connectivity index (χ1v) is 6.25. The Morgan fingerprint density at radius 3 is 1.47 bits per heavy atom. The second-order valence-corrected chi connectivity index (χ2v) is 3.93. The van der Waals surface area contributed by atoms with Crippen molar-refractivity contribution in [1.82, 2.24) is 0 Å². The summed E-state index contributed by atoms with van der Waals surface area (Å²) in [4.78, 5) is 0. The van der Waals surface area contributed by atoms with Gasteiger partial charge in [0.2, 0.25) is 0 Å². The smallest absolute Gasteiger partial charge is 1.00 e. The molecule has 0 aromatic carbocycles. The fourth-order valence-electron chi connectivity index (χ4n) is 1.58. The summed E-state index contributed by atoms with van der Waals surface area (Å²) < 4.78 is 0. The number of allylic oxidation sites excluding steroid dienone is 8. The summed E-state index contributed by atoms with van der Waals surface area (Å²) in [5, 5.41) is 0. The third-order valence-corrected chi connectivity index (χ3v) is 2.49. The topological polar surface area (TPSA) is 0 Å². The molecule has 0 spiro atoms. The zero-order valence-corrected chi connectivity index (χ0v) is 14.1. The van der Waals surface area contributed by atoms with Crippen LogP contribution in [0.2, 0.25) is 0 Å². The molecule has 0 unspecified atom stereocenters. The van der Waals surface area contributed by atoms with Crippen molar-refractivity contribution in [3.8, 4) is 0 Å². The van der Waals surface area contributed by atoms with E-state index in [-0.39, 0.29) is 27.3 Å². The van der Waals surface area contributed by atoms with Crippen LogP contribution >= 0.6 is 0 Å². The van der Waals surface area contributed by atoms with Crippen molar-refractivity contribution in [2.75, 3.05) is 0 Å². The molecule has 0 atom stereocenters. The van der Waals surface area contributed by atoms with Crippen LogP contribution in [0, 0.1) is 18.6 Å². The quantitative estimate of drug-likeness (QED) is 0.407. The van der Waals surface area contributed by atoms with E-state index in [1.54, 1.807) is 0 Å². The molecule has 17 heavy (non-hydrogen) atoms. The molecule has 0 bridgehead atoms. The molecule has 0 amide bonds. The van der Waals surface area contributed by atoms with Crippen LogP contribution in [0.15, 0.2) is 36.5 Å². The Hall–Kier alpha value is -0.170. The van der Waals surface area contributed by atoms with Gasteiger partial charge in [-0.25, -0.2) is 24.3 Å². The summed E-state index contributed by atoms with van der Waals surface area (Å²) in [6.45, 7) is 0. The monoisotopic (exact) mass is 394 g/mol. The van der Waals surface area contributed by atoms with Gasteiger partial charge in [0, 0.05) is 0 Å². The SMILES string of the molecule is [C-]1=CC=CC1.[C-]1=CC=CC1.[CH-]1CCCCC1.[H-].[Hf+4]. The van der Waals surface area contributed by atoms with Crippen molar-refractivity contribution in [2.24, 2.45) is 0 Å². The molecular formula is C16H22Hf. The Kier molecular flexibility index (Phi) is 13.8. The summed E-state index contributed by atoms with van der Waals surface area (Å²) in [6.07, 6.45) is 29.5. The summed E-state index contributed by atoms with van der Waals surface area (Å²) in [5.41, 5.74) is 0. The first-order valence-electron chi connectivity index (χ1n) is 6.25. The summed E-state index contributed by atoms with van der Waals surface area (Å²) >= 11 is 0. The van der Waals surface area contributed by atoms with E-state index < -0.39 is 0 Å². The van der Waals surface area contributed by atoms with Gasteiger partial charge in [-0.15, -0.1) is 12.8 Å². The fraction of sp³-hybridized carbons (Fsp3) is 0.438. The molecule has 0 nitrogen and oxygen atoms in total. The fourth-order valence-corrected chi connectivity index (χ4v) is 1.58.